The van der Waals surface area contributed by atoms with Crippen molar-refractivity contribution in [3.63, 3.8) is 0 Å². The first-order chi connectivity index (χ1) is 13.4. The van der Waals surface area contributed by atoms with E-state index in [-0.39, 0.29) is 29.5 Å². The van der Waals surface area contributed by atoms with Crippen LogP contribution in [0.25, 0.3) is 0 Å². The van der Waals surface area contributed by atoms with E-state index >= 15 is 0 Å². The smallest absolute Gasteiger partial charge is 0.270 e. The van der Waals surface area contributed by atoms with Crippen LogP contribution in [-0.2, 0) is 11.2 Å². The third-order valence-electron chi connectivity index (χ3n) is 5.42. The molecule has 148 valence electrons. The van der Waals surface area contributed by atoms with Crippen LogP contribution in [0, 0.1) is 5.82 Å². The van der Waals surface area contributed by atoms with E-state index in [1.165, 1.54) is 12.1 Å². The van der Waals surface area contributed by atoms with Crippen molar-refractivity contribution in [2.45, 2.75) is 50.9 Å². The van der Waals surface area contributed by atoms with Crippen LogP contribution < -0.4 is 10.2 Å². The molecule has 0 radical (unpaired) electrons. The number of halogens is 1. The maximum Gasteiger partial charge on any atom is 0.270 e. The van der Waals surface area contributed by atoms with Crippen molar-refractivity contribution in [1.82, 2.24) is 10.3 Å². The van der Waals surface area contributed by atoms with E-state index in [2.05, 4.69) is 29.0 Å². The summed E-state index contributed by atoms with van der Waals surface area (Å²) in [6.07, 6.45) is 4.40. The maximum atomic E-state index is 13.5. The number of nitrogens with one attached hydrogen (secondary N) is 1. The first kappa shape index (κ1) is 18.9. The number of nitrogens with zero attached hydrogens (tertiary/aromatic N) is 2. The second-order valence-electron chi connectivity index (χ2n) is 8.10. The highest BCUT2D eigenvalue weighted by atomic mass is 19.1. The zero-order valence-corrected chi connectivity index (χ0v) is 16.3. The molecule has 0 spiro atoms. The van der Waals surface area contributed by atoms with Crippen LogP contribution in [0.2, 0.25) is 0 Å². The number of rotatable bonds is 5. The van der Waals surface area contributed by atoms with Gasteiger partial charge in [0.25, 0.3) is 5.91 Å². The van der Waals surface area contributed by atoms with Crippen LogP contribution in [0.4, 0.5) is 10.1 Å². The van der Waals surface area contributed by atoms with Crippen molar-refractivity contribution in [2.24, 2.45) is 0 Å². The molecule has 1 saturated carbocycles. The van der Waals surface area contributed by atoms with Gasteiger partial charge in [-0.3, -0.25) is 9.78 Å². The van der Waals surface area contributed by atoms with Gasteiger partial charge >= 0.3 is 0 Å². The molecule has 5 nitrogen and oxygen atoms in total. The van der Waals surface area contributed by atoms with Gasteiger partial charge in [0.1, 0.15) is 11.5 Å². The third-order valence-corrected chi connectivity index (χ3v) is 5.42. The van der Waals surface area contributed by atoms with E-state index in [1.807, 2.05) is 18.2 Å². The molecule has 1 N–H and O–H groups in total. The quantitative estimate of drug-likeness (QED) is 0.860. The van der Waals surface area contributed by atoms with Gasteiger partial charge in [-0.05, 0) is 62.9 Å². The summed E-state index contributed by atoms with van der Waals surface area (Å²) in [5, 5.41) is 3.13. The van der Waals surface area contributed by atoms with Gasteiger partial charge in [0.15, 0.2) is 0 Å². The second kappa shape index (κ2) is 7.51. The highest BCUT2D eigenvalue weighted by molar-refractivity contribution is 5.94. The topological polar surface area (TPSA) is 54.5 Å². The molecule has 1 aromatic heterocycles. The van der Waals surface area contributed by atoms with Gasteiger partial charge < -0.3 is 15.0 Å². The third kappa shape index (κ3) is 4.33. The van der Waals surface area contributed by atoms with Crippen LogP contribution in [0.5, 0.6) is 0 Å². The molecule has 1 amide bonds. The zero-order chi connectivity index (χ0) is 19.7. The van der Waals surface area contributed by atoms with Gasteiger partial charge in [-0.2, -0.15) is 0 Å². The Hall–Kier alpha value is -2.47. The predicted octanol–water partition coefficient (Wildman–Crippen LogP) is 3.34. The Bertz CT molecular complexity index is 858. The van der Waals surface area contributed by atoms with Crippen LogP contribution in [0.1, 0.15) is 42.7 Å². The molecule has 0 bridgehead atoms. The van der Waals surface area contributed by atoms with Crippen molar-refractivity contribution in [2.75, 3.05) is 18.0 Å². The first-order valence-corrected chi connectivity index (χ1v) is 9.86. The molecular formula is C22H26FN3O2. The fourth-order valence-corrected chi connectivity index (χ4v) is 3.97. The molecule has 2 atom stereocenters. The molecule has 28 heavy (non-hydrogen) atoms. The Kier molecular flexibility index (Phi) is 5.06. The van der Waals surface area contributed by atoms with Crippen molar-refractivity contribution in [1.29, 1.82) is 0 Å². The molecule has 2 aromatic rings. The van der Waals surface area contributed by atoms with E-state index in [9.17, 15) is 9.18 Å². The minimum atomic E-state index is -0.287. The number of carbonyl (C=O) groups excluding carboxylic acids is 1. The lowest BCUT2D eigenvalue weighted by molar-refractivity contribution is -0.00522. The Balaban J connectivity index is 1.45. The minimum absolute atomic E-state index is 0.148. The standard InChI is InChI=1S/C22H26FN3O2/c1-15-13-26(14-16(2)28-15)19-6-9-24-20(11-19)21(27)25-22(7-8-22)12-17-4-3-5-18(23)10-17/h3-6,9-11,15-16H,7-8,12-14H2,1-2H3,(H,25,27)/t15-,16+. The Labute approximate surface area is 164 Å². The summed E-state index contributed by atoms with van der Waals surface area (Å²) in [7, 11) is 0. The van der Waals surface area contributed by atoms with E-state index in [4.69, 9.17) is 4.74 Å². The Morgan fingerprint density at radius 3 is 2.68 bits per heavy atom. The van der Waals surface area contributed by atoms with Gasteiger partial charge in [-0.25, -0.2) is 4.39 Å². The van der Waals surface area contributed by atoms with E-state index in [0.29, 0.717) is 12.1 Å². The lowest BCUT2D eigenvalue weighted by Crippen LogP contribution is -2.45. The van der Waals surface area contributed by atoms with E-state index in [1.54, 1.807) is 12.3 Å². The number of pyridine rings is 1. The van der Waals surface area contributed by atoms with Crippen LogP contribution >= 0.6 is 0 Å². The molecular weight excluding hydrogens is 357 g/mol. The Morgan fingerprint density at radius 2 is 2.00 bits per heavy atom. The normalized spacial score (nSPS) is 23.3. The molecule has 6 heteroatoms. The SMILES string of the molecule is C[C@@H]1CN(c2ccnc(C(=O)NC3(Cc4cccc(F)c4)CC3)c2)C[C@H](C)O1. The fourth-order valence-electron chi connectivity index (χ4n) is 3.97. The number of morpholine rings is 1. The number of hydrogen-bond acceptors (Lipinski definition) is 4. The van der Waals surface area contributed by atoms with Gasteiger partial charge in [-0.1, -0.05) is 12.1 Å². The molecule has 1 aromatic carbocycles. The summed E-state index contributed by atoms with van der Waals surface area (Å²) in [4.78, 5) is 19.3. The maximum absolute atomic E-state index is 13.5. The number of ether oxygens (including phenoxy) is 1. The van der Waals surface area contributed by atoms with Gasteiger partial charge in [0.2, 0.25) is 0 Å². The lowest BCUT2D eigenvalue weighted by atomic mass is 10.0. The summed E-state index contributed by atoms with van der Waals surface area (Å²) >= 11 is 0. The predicted molar refractivity (Wildman–Crippen MR) is 106 cm³/mol. The first-order valence-electron chi connectivity index (χ1n) is 9.86. The number of aromatic nitrogens is 1. The summed E-state index contributed by atoms with van der Waals surface area (Å²) < 4.78 is 19.2. The van der Waals surface area contributed by atoms with Gasteiger partial charge in [-0.15, -0.1) is 0 Å². The van der Waals surface area contributed by atoms with E-state index < -0.39 is 0 Å². The molecule has 4 rings (SSSR count). The van der Waals surface area contributed by atoms with Gasteiger partial charge in [0.05, 0.1) is 12.2 Å². The number of amides is 1. The average molecular weight is 383 g/mol. The molecule has 1 saturated heterocycles. The molecule has 2 fully saturated rings. The van der Waals surface area contributed by atoms with Crippen LogP contribution in [-0.4, -0.2) is 41.7 Å². The summed E-state index contributed by atoms with van der Waals surface area (Å²) in [6, 6.07) is 10.3. The van der Waals surface area contributed by atoms with Crippen molar-refractivity contribution in [3.8, 4) is 0 Å². The summed E-state index contributed by atoms with van der Waals surface area (Å²) in [5.74, 6) is -0.423. The zero-order valence-electron chi connectivity index (χ0n) is 16.3. The summed E-state index contributed by atoms with van der Waals surface area (Å²) in [5.41, 5.74) is 2.01. The number of benzene rings is 1. The number of hydrogen-bond donors (Lipinski definition) is 1. The molecule has 2 heterocycles. The van der Waals surface area contributed by atoms with Crippen LogP contribution in [0.15, 0.2) is 42.6 Å². The molecule has 0 unspecified atom stereocenters. The van der Waals surface area contributed by atoms with Crippen molar-refractivity contribution >= 4 is 11.6 Å². The number of carbonyl (C=O) groups is 1. The largest absolute Gasteiger partial charge is 0.372 e. The van der Waals surface area contributed by atoms with Crippen LogP contribution in [0.3, 0.4) is 0 Å². The summed E-state index contributed by atoms with van der Waals surface area (Å²) in [6.45, 7) is 5.69. The molecule has 2 aliphatic rings. The van der Waals surface area contributed by atoms with Crippen molar-refractivity contribution in [3.05, 3.63) is 59.7 Å². The molecule has 1 aliphatic heterocycles. The minimum Gasteiger partial charge on any atom is -0.372 e. The lowest BCUT2D eigenvalue weighted by Gasteiger charge is -2.36. The second-order valence-corrected chi connectivity index (χ2v) is 8.10. The Morgan fingerprint density at radius 1 is 1.25 bits per heavy atom. The monoisotopic (exact) mass is 383 g/mol. The highest BCUT2D eigenvalue weighted by Gasteiger charge is 2.44. The van der Waals surface area contributed by atoms with Crippen molar-refractivity contribution < 1.29 is 13.9 Å². The van der Waals surface area contributed by atoms with E-state index in [0.717, 1.165) is 37.2 Å². The number of anilines is 1. The molecule has 1 aliphatic carbocycles. The highest BCUT2D eigenvalue weighted by Crippen LogP contribution is 2.39. The average Bonchev–Trinajstić information content (AvgIpc) is 3.40. The van der Waals surface area contributed by atoms with Gasteiger partial charge in [0, 0.05) is 30.5 Å². The fraction of sp³-hybridized carbons (Fsp3) is 0.455.